The van der Waals surface area contributed by atoms with E-state index in [0.29, 0.717) is 0 Å². The molecule has 1 heterocycles. The number of esters is 1. The molecule has 0 saturated carbocycles. The van der Waals surface area contributed by atoms with Crippen molar-refractivity contribution in [3.63, 3.8) is 0 Å². The molecule has 0 saturated heterocycles. The molecule has 15 heavy (non-hydrogen) atoms. The van der Waals surface area contributed by atoms with Crippen LogP contribution in [0.4, 0.5) is 8.78 Å². The molecule has 0 unspecified atom stereocenters. The van der Waals surface area contributed by atoms with Crippen molar-refractivity contribution in [1.82, 2.24) is 4.98 Å². The quantitative estimate of drug-likeness (QED) is 0.798. The van der Waals surface area contributed by atoms with Gasteiger partial charge in [0.05, 0.1) is 18.2 Å². The Balaban J connectivity index is 3.47. The van der Waals surface area contributed by atoms with Gasteiger partial charge >= 0.3 is 5.97 Å². The smallest absolute Gasteiger partial charge is 0.339 e. The monoisotopic (exact) mass is 237 g/mol. The molecule has 4 nitrogen and oxygen atoms in total. The van der Waals surface area contributed by atoms with Crippen molar-refractivity contribution in [1.29, 1.82) is 0 Å². The summed E-state index contributed by atoms with van der Waals surface area (Å²) in [7, 11) is 1.04. The lowest BCUT2D eigenvalue weighted by molar-refractivity contribution is 0.0588. The molecule has 0 aromatic carbocycles. The van der Waals surface area contributed by atoms with Crippen LogP contribution in [0, 0.1) is 0 Å². The molecular weight excluding hydrogens is 232 g/mol. The Labute approximate surface area is 87.8 Å². The Morgan fingerprint density at radius 2 is 2.20 bits per heavy atom. The number of hydrogen-bond acceptors (Lipinski definition) is 3. The number of methoxy groups -OCH3 is 1. The highest BCUT2D eigenvalue weighted by molar-refractivity contribution is 6.31. The highest BCUT2D eigenvalue weighted by Crippen LogP contribution is 2.27. The summed E-state index contributed by atoms with van der Waals surface area (Å²) in [6, 6.07) is 0. The summed E-state index contributed by atoms with van der Waals surface area (Å²) in [5.74, 6) is -0.983. The van der Waals surface area contributed by atoms with Gasteiger partial charge in [-0.05, 0) is 0 Å². The molecule has 1 rings (SSSR count). The van der Waals surface area contributed by atoms with E-state index in [0.717, 1.165) is 13.3 Å². The largest absolute Gasteiger partial charge is 0.465 e. The standard InChI is InChI=1S/C8H6ClF2NO3/c1-15-8(14)3-2-12-7(13)5(9)4(3)6(10)11/h2,6H,1H3,(H,12,13). The van der Waals surface area contributed by atoms with Crippen molar-refractivity contribution >= 4 is 17.6 Å². The number of ether oxygens (including phenoxy) is 1. The fraction of sp³-hybridized carbons (Fsp3) is 0.250. The molecule has 7 heteroatoms. The van der Waals surface area contributed by atoms with Crippen LogP contribution >= 0.6 is 11.6 Å². The third-order valence-corrected chi connectivity index (χ3v) is 2.07. The molecule has 0 amide bonds. The van der Waals surface area contributed by atoms with Crippen molar-refractivity contribution in [2.24, 2.45) is 0 Å². The Hall–Kier alpha value is -1.43. The van der Waals surface area contributed by atoms with Gasteiger partial charge in [0.2, 0.25) is 0 Å². The average molecular weight is 238 g/mol. The summed E-state index contributed by atoms with van der Waals surface area (Å²) < 4.78 is 29.3. The van der Waals surface area contributed by atoms with Gasteiger partial charge in [-0.1, -0.05) is 11.6 Å². The van der Waals surface area contributed by atoms with Gasteiger partial charge in [0, 0.05) is 6.20 Å². The van der Waals surface area contributed by atoms with Gasteiger partial charge < -0.3 is 9.72 Å². The molecule has 1 aromatic rings. The van der Waals surface area contributed by atoms with Crippen molar-refractivity contribution in [2.45, 2.75) is 6.43 Å². The third-order valence-electron chi connectivity index (χ3n) is 1.70. The fourth-order valence-corrected chi connectivity index (χ4v) is 1.25. The number of nitrogens with one attached hydrogen (secondary N) is 1. The molecule has 1 N–H and O–H groups in total. The van der Waals surface area contributed by atoms with E-state index in [1.807, 2.05) is 0 Å². The Kier molecular flexibility index (Phi) is 3.41. The molecule has 0 fully saturated rings. The summed E-state index contributed by atoms with van der Waals surface area (Å²) in [4.78, 5) is 24.1. The van der Waals surface area contributed by atoms with E-state index in [-0.39, 0.29) is 0 Å². The van der Waals surface area contributed by atoms with Gasteiger partial charge in [-0.15, -0.1) is 0 Å². The number of pyridine rings is 1. The number of aromatic nitrogens is 1. The zero-order valence-corrected chi connectivity index (χ0v) is 8.27. The van der Waals surface area contributed by atoms with Crippen LogP contribution in [0.2, 0.25) is 5.02 Å². The van der Waals surface area contributed by atoms with E-state index in [1.165, 1.54) is 0 Å². The molecule has 0 spiro atoms. The predicted octanol–water partition coefficient (Wildman–Crippen LogP) is 1.75. The number of H-pyrrole nitrogens is 1. The summed E-state index contributed by atoms with van der Waals surface area (Å²) in [6.45, 7) is 0. The summed E-state index contributed by atoms with van der Waals surface area (Å²) in [6.07, 6.45) is -2.17. The predicted molar refractivity (Wildman–Crippen MR) is 48.4 cm³/mol. The van der Waals surface area contributed by atoms with Gasteiger partial charge in [0.25, 0.3) is 12.0 Å². The minimum Gasteiger partial charge on any atom is -0.465 e. The average Bonchev–Trinajstić information content (AvgIpc) is 2.20. The van der Waals surface area contributed by atoms with Gasteiger partial charge in [-0.2, -0.15) is 0 Å². The minimum atomic E-state index is -3.02. The van der Waals surface area contributed by atoms with Crippen LogP contribution in [-0.2, 0) is 4.74 Å². The van der Waals surface area contributed by atoms with Crippen molar-refractivity contribution < 1.29 is 18.3 Å². The van der Waals surface area contributed by atoms with Crippen molar-refractivity contribution in [2.75, 3.05) is 7.11 Å². The Morgan fingerprint density at radius 3 is 2.67 bits per heavy atom. The van der Waals surface area contributed by atoms with Crippen LogP contribution in [0.25, 0.3) is 0 Å². The number of aromatic amines is 1. The van der Waals surface area contributed by atoms with Gasteiger partial charge in [-0.25, -0.2) is 13.6 Å². The van der Waals surface area contributed by atoms with Gasteiger partial charge in [-0.3, -0.25) is 4.79 Å². The lowest BCUT2D eigenvalue weighted by atomic mass is 10.1. The maximum atomic E-state index is 12.5. The second-order valence-electron chi connectivity index (χ2n) is 2.55. The molecule has 0 aliphatic carbocycles. The van der Waals surface area contributed by atoms with Crippen LogP contribution in [-0.4, -0.2) is 18.1 Å². The summed E-state index contributed by atoms with van der Waals surface area (Å²) >= 11 is 5.36. The lowest BCUT2D eigenvalue weighted by Gasteiger charge is -2.07. The number of rotatable bonds is 2. The first-order valence-corrected chi connectivity index (χ1v) is 4.14. The number of halogens is 3. The van der Waals surface area contributed by atoms with E-state index >= 15 is 0 Å². The van der Waals surface area contributed by atoms with Gasteiger partial charge in [0.1, 0.15) is 5.02 Å². The van der Waals surface area contributed by atoms with E-state index in [2.05, 4.69) is 9.72 Å². The molecule has 0 aliphatic rings. The molecule has 0 radical (unpaired) electrons. The Morgan fingerprint density at radius 1 is 1.60 bits per heavy atom. The number of hydrogen-bond donors (Lipinski definition) is 1. The maximum Gasteiger partial charge on any atom is 0.339 e. The fourth-order valence-electron chi connectivity index (χ4n) is 1.01. The first kappa shape index (κ1) is 11.6. The van der Waals surface area contributed by atoms with Crippen LogP contribution < -0.4 is 5.56 Å². The zero-order chi connectivity index (χ0) is 11.6. The second kappa shape index (κ2) is 4.39. The van der Waals surface area contributed by atoms with Crippen LogP contribution in [0.15, 0.2) is 11.0 Å². The van der Waals surface area contributed by atoms with Gasteiger partial charge in [0.15, 0.2) is 0 Å². The van der Waals surface area contributed by atoms with E-state index < -0.39 is 34.1 Å². The molecule has 0 atom stereocenters. The van der Waals surface area contributed by atoms with E-state index in [4.69, 9.17) is 11.6 Å². The zero-order valence-electron chi connectivity index (χ0n) is 7.51. The lowest BCUT2D eigenvalue weighted by Crippen LogP contribution is -2.15. The first-order chi connectivity index (χ1) is 6.99. The summed E-state index contributed by atoms with van der Waals surface area (Å²) in [5, 5.41) is -0.701. The van der Waals surface area contributed by atoms with Crippen LogP contribution in [0.3, 0.4) is 0 Å². The van der Waals surface area contributed by atoms with Crippen LogP contribution in [0.1, 0.15) is 22.3 Å². The van der Waals surface area contributed by atoms with Crippen LogP contribution in [0.5, 0.6) is 0 Å². The third kappa shape index (κ3) is 2.15. The Bertz CT molecular complexity index is 444. The topological polar surface area (TPSA) is 59.2 Å². The van der Waals surface area contributed by atoms with Crippen molar-refractivity contribution in [3.05, 3.63) is 32.7 Å². The second-order valence-corrected chi connectivity index (χ2v) is 2.93. The number of alkyl halides is 2. The summed E-state index contributed by atoms with van der Waals surface area (Å²) in [5.41, 5.74) is -2.14. The molecule has 0 bridgehead atoms. The molecule has 1 aromatic heterocycles. The SMILES string of the molecule is COC(=O)c1c[nH]c(=O)c(Cl)c1C(F)F. The molecule has 82 valence electrons. The highest BCUT2D eigenvalue weighted by atomic mass is 35.5. The van der Waals surface area contributed by atoms with E-state index in [1.54, 1.807) is 0 Å². The molecule has 0 aliphatic heterocycles. The first-order valence-electron chi connectivity index (χ1n) is 3.76. The number of carbonyl (C=O) groups is 1. The normalized spacial score (nSPS) is 10.5. The highest BCUT2D eigenvalue weighted by Gasteiger charge is 2.24. The molecular formula is C8H6ClF2NO3. The maximum absolute atomic E-state index is 12.5. The number of carbonyl (C=O) groups excluding carboxylic acids is 1. The van der Waals surface area contributed by atoms with Crippen molar-refractivity contribution in [3.8, 4) is 0 Å². The minimum absolute atomic E-state index is 0.447. The van der Waals surface area contributed by atoms with E-state index in [9.17, 15) is 18.4 Å².